The minimum Gasteiger partial charge on any atom is -0.456 e. The molecule has 1 aromatic rings. The molecule has 140 valence electrons. The lowest BCUT2D eigenvalue weighted by Crippen LogP contribution is -2.67. The molecule has 0 saturated heterocycles. The number of hydrogen-bond acceptors (Lipinski definition) is 3. The number of aliphatic hydroxyl groups is 1. The lowest BCUT2D eigenvalue weighted by molar-refractivity contribution is -0.244. The van der Waals surface area contributed by atoms with Crippen molar-refractivity contribution in [2.45, 2.75) is 58.2 Å². The van der Waals surface area contributed by atoms with Crippen LogP contribution in [0.4, 0.5) is 0 Å². The van der Waals surface area contributed by atoms with E-state index in [-0.39, 0.29) is 17.3 Å². The highest BCUT2D eigenvalue weighted by Gasteiger charge is 2.64. The normalized spacial score (nSPS) is 32.1. The average Bonchev–Trinajstić information content (AvgIpc) is 2.60. The summed E-state index contributed by atoms with van der Waals surface area (Å²) in [5.74, 6) is 0.370. The summed E-state index contributed by atoms with van der Waals surface area (Å²) in [5.41, 5.74) is 0.865. The number of fused-ring (bicyclic) bond motifs is 2. The summed E-state index contributed by atoms with van der Waals surface area (Å²) < 4.78 is 5.73. The van der Waals surface area contributed by atoms with Crippen LogP contribution in [0.3, 0.4) is 0 Å². The van der Waals surface area contributed by atoms with E-state index < -0.39 is 11.7 Å². The first-order valence-corrected chi connectivity index (χ1v) is 9.55. The van der Waals surface area contributed by atoms with E-state index in [0.717, 1.165) is 31.2 Å². The Morgan fingerprint density at radius 3 is 2.50 bits per heavy atom. The molecule has 0 radical (unpaired) electrons. The maximum atomic E-state index is 12.5. The van der Waals surface area contributed by atoms with Crippen molar-refractivity contribution >= 4 is 5.97 Å². The van der Waals surface area contributed by atoms with E-state index in [0.29, 0.717) is 11.5 Å². The van der Waals surface area contributed by atoms with E-state index in [1.165, 1.54) is 0 Å². The fourth-order valence-electron chi connectivity index (χ4n) is 4.68. The zero-order valence-corrected chi connectivity index (χ0v) is 16.1. The summed E-state index contributed by atoms with van der Waals surface area (Å²) in [6, 6.07) is 7.52. The van der Waals surface area contributed by atoms with E-state index in [4.69, 9.17) is 4.74 Å². The van der Waals surface area contributed by atoms with E-state index >= 15 is 0 Å². The van der Waals surface area contributed by atoms with Crippen LogP contribution in [0.5, 0.6) is 0 Å². The lowest BCUT2D eigenvalue weighted by Gasteiger charge is -2.64. The van der Waals surface area contributed by atoms with Crippen molar-refractivity contribution in [3.63, 3.8) is 0 Å². The number of carbonyl (C=O) groups excluding carboxylic acids is 1. The van der Waals surface area contributed by atoms with Crippen molar-refractivity contribution in [1.82, 2.24) is 0 Å². The first-order valence-electron chi connectivity index (χ1n) is 9.55. The third kappa shape index (κ3) is 3.37. The molecule has 0 aromatic heterocycles. The molecule has 1 N–H and O–H groups in total. The number of carbonyl (C=O) groups is 1. The SMILES string of the molecule is C=CC/C=C/Cc1ccc(C(=O)O[C@@H]2C[C@@H]3C[C@@H](C3(C)C)[C@]2(C)O)cc1. The van der Waals surface area contributed by atoms with Gasteiger partial charge in [0.2, 0.25) is 0 Å². The fourth-order valence-corrected chi connectivity index (χ4v) is 4.68. The van der Waals surface area contributed by atoms with E-state index in [1.54, 1.807) is 12.1 Å². The predicted molar refractivity (Wildman–Crippen MR) is 104 cm³/mol. The van der Waals surface area contributed by atoms with Gasteiger partial charge in [0.15, 0.2) is 0 Å². The van der Waals surface area contributed by atoms with Crippen LogP contribution in [0.1, 0.15) is 56.0 Å². The van der Waals surface area contributed by atoms with Gasteiger partial charge in [-0.3, -0.25) is 0 Å². The number of ether oxygens (including phenoxy) is 1. The van der Waals surface area contributed by atoms with Gasteiger partial charge in [0.05, 0.1) is 5.56 Å². The Morgan fingerprint density at radius 2 is 1.92 bits per heavy atom. The summed E-state index contributed by atoms with van der Waals surface area (Å²) in [7, 11) is 0. The van der Waals surface area contributed by atoms with Gasteiger partial charge in [-0.25, -0.2) is 4.79 Å². The van der Waals surface area contributed by atoms with Crippen LogP contribution < -0.4 is 0 Å². The molecule has 26 heavy (non-hydrogen) atoms. The first kappa shape index (κ1) is 18.9. The maximum absolute atomic E-state index is 12.5. The maximum Gasteiger partial charge on any atom is 0.338 e. The Morgan fingerprint density at radius 1 is 1.23 bits per heavy atom. The standard InChI is InChI=1S/C23H30O3/c1-5-6-7-8-9-16-10-12-17(13-11-16)21(24)26-20-15-18-14-19(22(18,2)3)23(20,4)25/h5,7-8,10-13,18-20,25H,1,6,9,14-15H2,2-4H3/b8-7+/t18-,19-,20+,23-/m0/s1. The molecule has 3 heteroatoms. The summed E-state index contributed by atoms with van der Waals surface area (Å²) in [6.45, 7) is 9.93. The average molecular weight is 354 g/mol. The van der Waals surface area contributed by atoms with Gasteiger partial charge in [-0.05, 0) is 67.6 Å². The van der Waals surface area contributed by atoms with Crippen LogP contribution in [0.15, 0.2) is 49.1 Å². The highest BCUT2D eigenvalue weighted by molar-refractivity contribution is 5.89. The van der Waals surface area contributed by atoms with Crippen molar-refractivity contribution in [2.24, 2.45) is 17.3 Å². The first-order chi connectivity index (χ1) is 12.3. The Balaban J connectivity index is 1.61. The molecule has 3 saturated carbocycles. The van der Waals surface area contributed by atoms with Crippen LogP contribution in [0.25, 0.3) is 0 Å². The van der Waals surface area contributed by atoms with Gasteiger partial charge in [-0.1, -0.05) is 44.2 Å². The second-order valence-electron chi connectivity index (χ2n) is 8.56. The van der Waals surface area contributed by atoms with Gasteiger partial charge in [-0.15, -0.1) is 6.58 Å². The molecule has 3 nitrogen and oxygen atoms in total. The Bertz CT molecular complexity index is 697. The topological polar surface area (TPSA) is 46.5 Å². The molecular weight excluding hydrogens is 324 g/mol. The van der Waals surface area contributed by atoms with E-state index in [1.807, 2.05) is 25.1 Å². The highest BCUT2D eigenvalue weighted by atomic mass is 16.6. The molecule has 3 aliphatic carbocycles. The molecule has 0 amide bonds. The summed E-state index contributed by atoms with van der Waals surface area (Å²) in [6.07, 6.45) is 9.09. The van der Waals surface area contributed by atoms with E-state index in [2.05, 4.69) is 32.6 Å². The quantitative estimate of drug-likeness (QED) is 0.595. The van der Waals surface area contributed by atoms with Crippen molar-refractivity contribution in [1.29, 1.82) is 0 Å². The van der Waals surface area contributed by atoms with Crippen LogP contribution >= 0.6 is 0 Å². The molecule has 0 heterocycles. The Kier molecular flexibility index (Phi) is 5.12. The molecule has 0 aliphatic heterocycles. The van der Waals surface area contributed by atoms with Crippen molar-refractivity contribution in [3.8, 4) is 0 Å². The summed E-state index contributed by atoms with van der Waals surface area (Å²) >= 11 is 0. The zero-order chi connectivity index (χ0) is 18.9. The largest absolute Gasteiger partial charge is 0.456 e. The van der Waals surface area contributed by atoms with E-state index in [9.17, 15) is 9.90 Å². The number of allylic oxidation sites excluding steroid dienone is 3. The molecule has 3 fully saturated rings. The summed E-state index contributed by atoms with van der Waals surface area (Å²) in [5, 5.41) is 11.0. The molecule has 2 bridgehead atoms. The van der Waals surface area contributed by atoms with Gasteiger partial charge in [0, 0.05) is 0 Å². The van der Waals surface area contributed by atoms with Crippen LogP contribution in [0, 0.1) is 17.3 Å². The molecule has 0 unspecified atom stereocenters. The molecule has 1 aromatic carbocycles. The Hall–Kier alpha value is -1.87. The Labute approximate surface area is 156 Å². The smallest absolute Gasteiger partial charge is 0.338 e. The predicted octanol–water partition coefficient (Wildman–Crippen LogP) is 4.70. The molecule has 0 spiro atoms. The molecule has 4 rings (SSSR count). The third-order valence-corrected chi connectivity index (χ3v) is 6.59. The fraction of sp³-hybridized carbons (Fsp3) is 0.522. The van der Waals surface area contributed by atoms with Crippen molar-refractivity contribution < 1.29 is 14.6 Å². The molecule has 3 aliphatic rings. The third-order valence-electron chi connectivity index (χ3n) is 6.59. The van der Waals surface area contributed by atoms with Crippen molar-refractivity contribution in [2.75, 3.05) is 0 Å². The second kappa shape index (κ2) is 7.03. The number of esters is 1. The van der Waals surface area contributed by atoms with Gasteiger partial charge in [-0.2, -0.15) is 0 Å². The monoisotopic (exact) mass is 354 g/mol. The van der Waals surface area contributed by atoms with Gasteiger partial charge < -0.3 is 9.84 Å². The second-order valence-corrected chi connectivity index (χ2v) is 8.56. The number of benzene rings is 1. The van der Waals surface area contributed by atoms with Crippen LogP contribution in [0.2, 0.25) is 0 Å². The van der Waals surface area contributed by atoms with Gasteiger partial charge >= 0.3 is 5.97 Å². The molecular formula is C23H30O3. The minimum absolute atomic E-state index is 0.132. The number of hydrogen-bond donors (Lipinski definition) is 1. The van der Waals surface area contributed by atoms with Crippen LogP contribution in [-0.2, 0) is 11.2 Å². The zero-order valence-electron chi connectivity index (χ0n) is 16.1. The van der Waals surface area contributed by atoms with Gasteiger partial charge in [0.25, 0.3) is 0 Å². The highest BCUT2D eigenvalue weighted by Crippen LogP contribution is 2.63. The van der Waals surface area contributed by atoms with Crippen molar-refractivity contribution in [3.05, 3.63) is 60.2 Å². The summed E-state index contributed by atoms with van der Waals surface area (Å²) in [4.78, 5) is 12.5. The molecule has 4 atom stereocenters. The van der Waals surface area contributed by atoms with Crippen LogP contribution in [-0.4, -0.2) is 22.8 Å². The number of rotatable bonds is 6. The minimum atomic E-state index is -0.955. The lowest BCUT2D eigenvalue weighted by atomic mass is 9.43. The van der Waals surface area contributed by atoms with Gasteiger partial charge in [0.1, 0.15) is 11.7 Å².